The van der Waals surface area contributed by atoms with Crippen LogP contribution in [-0.4, -0.2) is 29.1 Å². The van der Waals surface area contributed by atoms with Crippen LogP contribution in [-0.2, 0) is 6.54 Å². The third kappa shape index (κ3) is 2.79. The van der Waals surface area contributed by atoms with Gasteiger partial charge < -0.3 is 10.3 Å². The van der Waals surface area contributed by atoms with Crippen molar-refractivity contribution in [3.8, 4) is 5.69 Å². The van der Waals surface area contributed by atoms with Gasteiger partial charge in [0.15, 0.2) is 11.5 Å². The van der Waals surface area contributed by atoms with E-state index in [1.54, 1.807) is 34.9 Å². The summed E-state index contributed by atoms with van der Waals surface area (Å²) < 4.78 is 17.5. The van der Waals surface area contributed by atoms with E-state index in [0.717, 1.165) is 0 Å². The van der Waals surface area contributed by atoms with Gasteiger partial charge in [-0.25, -0.2) is 24.3 Å². The van der Waals surface area contributed by atoms with Crippen LogP contribution in [0.1, 0.15) is 5.82 Å². The van der Waals surface area contributed by atoms with Crippen molar-refractivity contribution in [3.63, 3.8) is 0 Å². The Kier molecular flexibility index (Phi) is 4.18. The fourth-order valence-electron chi connectivity index (χ4n) is 3.39. The van der Waals surface area contributed by atoms with E-state index in [1.165, 1.54) is 29.4 Å². The van der Waals surface area contributed by atoms with Crippen LogP contribution in [0, 0.1) is 5.82 Å². The summed E-state index contributed by atoms with van der Waals surface area (Å²) in [5.74, 6) is -0.0654. The van der Waals surface area contributed by atoms with Crippen LogP contribution < -0.4 is 11.3 Å². The van der Waals surface area contributed by atoms with E-state index in [1.807, 2.05) is 0 Å². The van der Waals surface area contributed by atoms with Gasteiger partial charge in [0, 0.05) is 0 Å². The predicted octanol–water partition coefficient (Wildman–Crippen LogP) is 2.95. The van der Waals surface area contributed by atoms with Gasteiger partial charge in [-0.05, 0) is 24.3 Å². The summed E-state index contributed by atoms with van der Waals surface area (Å²) in [6.07, 6.45) is 2.87. The molecular weight excluding hydrogens is 409 g/mol. The van der Waals surface area contributed by atoms with Crippen LogP contribution in [0.4, 0.5) is 10.2 Å². The number of halogens is 2. The Balaban J connectivity index is 1.80. The number of nitrogens with two attached hydrogens (primary N) is 1. The number of hydrogen-bond donors (Lipinski definition) is 1. The zero-order valence-corrected chi connectivity index (χ0v) is 16.1. The molecule has 2 N–H and O–H groups in total. The van der Waals surface area contributed by atoms with E-state index < -0.39 is 11.4 Å². The minimum Gasteiger partial charge on any atom is -0.382 e. The summed E-state index contributed by atoms with van der Waals surface area (Å²) >= 11 is 6.35. The van der Waals surface area contributed by atoms with Gasteiger partial charge in [0.25, 0.3) is 5.56 Å². The van der Waals surface area contributed by atoms with E-state index in [4.69, 9.17) is 17.3 Å². The van der Waals surface area contributed by atoms with Gasteiger partial charge >= 0.3 is 0 Å². The molecule has 3 heterocycles. The zero-order chi connectivity index (χ0) is 20.8. The average molecular weight is 422 g/mol. The van der Waals surface area contributed by atoms with Gasteiger partial charge in [-0.2, -0.15) is 0 Å². The molecule has 8 nitrogen and oxygen atoms in total. The van der Waals surface area contributed by atoms with Gasteiger partial charge in [-0.3, -0.25) is 9.36 Å². The Bertz CT molecular complexity index is 1490. The van der Waals surface area contributed by atoms with E-state index in [2.05, 4.69) is 19.9 Å². The second-order valence-electron chi connectivity index (χ2n) is 6.56. The minimum absolute atomic E-state index is 0.108. The molecule has 3 aromatic heterocycles. The quantitative estimate of drug-likeness (QED) is 0.480. The van der Waals surface area contributed by atoms with Gasteiger partial charge in [0.1, 0.15) is 28.9 Å². The van der Waals surface area contributed by atoms with Crippen molar-refractivity contribution < 1.29 is 4.39 Å². The maximum atomic E-state index is 14.5. The van der Waals surface area contributed by atoms with Crippen molar-refractivity contribution in [2.24, 2.45) is 0 Å². The summed E-state index contributed by atoms with van der Waals surface area (Å²) in [6.45, 7) is 0.125. The lowest BCUT2D eigenvalue weighted by atomic mass is 10.2. The average Bonchev–Trinajstić information content (AvgIpc) is 3.13. The smallest absolute Gasteiger partial charge is 0.269 e. The molecule has 10 heteroatoms. The molecule has 5 rings (SSSR count). The summed E-state index contributed by atoms with van der Waals surface area (Å²) in [6, 6.07) is 11.1. The minimum atomic E-state index is -0.647. The van der Waals surface area contributed by atoms with E-state index in [9.17, 15) is 9.18 Å². The maximum absolute atomic E-state index is 14.5. The molecule has 0 unspecified atom stereocenters. The summed E-state index contributed by atoms with van der Waals surface area (Å²) in [7, 11) is 0. The Hall–Kier alpha value is -3.85. The summed E-state index contributed by atoms with van der Waals surface area (Å²) in [5, 5.41) is 0.226. The fourth-order valence-corrected chi connectivity index (χ4v) is 3.61. The van der Waals surface area contributed by atoms with Crippen molar-refractivity contribution in [2.45, 2.75) is 6.54 Å². The number of aromatic nitrogens is 6. The highest BCUT2D eigenvalue weighted by Gasteiger charge is 2.18. The molecular formula is C20H13ClFN7O. The molecule has 5 aromatic rings. The maximum Gasteiger partial charge on any atom is 0.269 e. The first-order chi connectivity index (χ1) is 14.5. The zero-order valence-electron chi connectivity index (χ0n) is 15.3. The SMILES string of the molecule is Nc1ncnc2c1ncn2Cc1nc2cccc(F)c2c(=O)n1-c1ccccc1Cl. The van der Waals surface area contributed by atoms with Crippen LogP contribution in [0.5, 0.6) is 0 Å². The van der Waals surface area contributed by atoms with Crippen LogP contribution in [0.3, 0.4) is 0 Å². The molecule has 2 aromatic carbocycles. The standard InChI is InChI=1S/C20H13ClFN7O/c21-11-4-1-2-7-14(11)29-15(27-13-6-3-5-12(22)16(13)20(29)30)8-28-10-26-17-18(23)24-9-25-19(17)28/h1-7,9-10H,8H2,(H2,23,24,25). The number of nitrogen functional groups attached to an aromatic ring is 1. The van der Waals surface area contributed by atoms with Gasteiger partial charge in [0.2, 0.25) is 0 Å². The second-order valence-corrected chi connectivity index (χ2v) is 6.96. The van der Waals surface area contributed by atoms with Crippen LogP contribution in [0.25, 0.3) is 27.8 Å². The number of benzene rings is 2. The molecule has 0 saturated carbocycles. The number of nitrogens with zero attached hydrogens (tertiary/aromatic N) is 6. The number of hydrogen-bond acceptors (Lipinski definition) is 6. The molecule has 0 spiro atoms. The molecule has 0 saturated heterocycles. The van der Waals surface area contributed by atoms with Crippen molar-refractivity contribution in [3.05, 3.63) is 82.1 Å². The highest BCUT2D eigenvalue weighted by atomic mass is 35.5. The topological polar surface area (TPSA) is 105 Å². The number of imidazole rings is 1. The Morgan fingerprint density at radius 2 is 1.90 bits per heavy atom. The summed E-state index contributed by atoms with van der Waals surface area (Å²) in [4.78, 5) is 30.3. The summed E-state index contributed by atoms with van der Waals surface area (Å²) in [5.41, 5.74) is 6.88. The number of anilines is 1. The molecule has 148 valence electrons. The predicted molar refractivity (Wildman–Crippen MR) is 111 cm³/mol. The second kappa shape index (κ2) is 6.89. The number of rotatable bonds is 3. The lowest BCUT2D eigenvalue weighted by Gasteiger charge is -2.15. The van der Waals surface area contributed by atoms with Crippen LogP contribution >= 0.6 is 11.6 Å². The van der Waals surface area contributed by atoms with E-state index in [-0.39, 0.29) is 23.3 Å². The fraction of sp³-hybridized carbons (Fsp3) is 0.0500. The molecule has 0 aliphatic heterocycles. The van der Waals surface area contributed by atoms with E-state index in [0.29, 0.717) is 27.7 Å². The molecule has 0 atom stereocenters. The van der Waals surface area contributed by atoms with Crippen LogP contribution in [0.2, 0.25) is 5.02 Å². The normalized spacial score (nSPS) is 11.4. The van der Waals surface area contributed by atoms with Gasteiger partial charge in [0.05, 0.1) is 29.1 Å². The first kappa shape index (κ1) is 18.2. The largest absolute Gasteiger partial charge is 0.382 e. The van der Waals surface area contributed by atoms with Crippen molar-refractivity contribution >= 4 is 39.5 Å². The lowest BCUT2D eigenvalue weighted by molar-refractivity contribution is 0.635. The highest BCUT2D eigenvalue weighted by Crippen LogP contribution is 2.23. The molecule has 0 aliphatic carbocycles. The van der Waals surface area contributed by atoms with Crippen molar-refractivity contribution in [1.29, 1.82) is 0 Å². The van der Waals surface area contributed by atoms with Crippen molar-refractivity contribution in [1.82, 2.24) is 29.1 Å². The molecule has 0 fully saturated rings. The third-order valence-electron chi connectivity index (χ3n) is 4.75. The first-order valence-corrected chi connectivity index (χ1v) is 9.29. The van der Waals surface area contributed by atoms with Crippen LogP contribution in [0.15, 0.2) is 59.9 Å². The Labute approximate surface area is 173 Å². The van der Waals surface area contributed by atoms with E-state index >= 15 is 0 Å². The van der Waals surface area contributed by atoms with Gasteiger partial charge in [-0.1, -0.05) is 29.8 Å². The lowest BCUT2D eigenvalue weighted by Crippen LogP contribution is -2.26. The molecule has 0 radical (unpaired) electrons. The first-order valence-electron chi connectivity index (χ1n) is 8.91. The van der Waals surface area contributed by atoms with Crippen molar-refractivity contribution in [2.75, 3.05) is 5.73 Å². The number of fused-ring (bicyclic) bond motifs is 2. The monoisotopic (exact) mass is 421 g/mol. The molecule has 0 bridgehead atoms. The molecule has 30 heavy (non-hydrogen) atoms. The molecule has 0 amide bonds. The third-order valence-corrected chi connectivity index (χ3v) is 5.07. The highest BCUT2D eigenvalue weighted by molar-refractivity contribution is 6.32. The Morgan fingerprint density at radius 3 is 2.73 bits per heavy atom. The molecule has 0 aliphatic rings. The number of para-hydroxylation sites is 1. The van der Waals surface area contributed by atoms with Gasteiger partial charge in [-0.15, -0.1) is 0 Å². The Morgan fingerprint density at radius 1 is 1.07 bits per heavy atom.